The van der Waals surface area contributed by atoms with E-state index in [1.54, 1.807) is 0 Å². The number of furan rings is 1. The van der Waals surface area contributed by atoms with Crippen molar-refractivity contribution in [2.45, 2.75) is 86.5 Å². The fourth-order valence-electron chi connectivity index (χ4n) is 9.56. The number of fused-ring (bicyclic) bond motifs is 9. The van der Waals surface area contributed by atoms with E-state index in [0.29, 0.717) is 5.92 Å². The number of benzene rings is 5. The summed E-state index contributed by atoms with van der Waals surface area (Å²) in [6.45, 7) is 23.2. The lowest BCUT2D eigenvalue weighted by molar-refractivity contribution is 0.463. The lowest BCUT2D eigenvalue weighted by Crippen LogP contribution is -2.55. The van der Waals surface area contributed by atoms with Crippen LogP contribution in [-0.2, 0) is 10.8 Å². The molecule has 5 aromatic carbocycles. The molecule has 0 amide bonds. The molecule has 0 saturated carbocycles. The van der Waals surface area contributed by atoms with Gasteiger partial charge in [-0.15, -0.1) is 11.8 Å². The Labute approximate surface area is 337 Å². The number of rotatable bonds is 2. The maximum atomic E-state index is 6.63. The lowest BCUT2D eigenvalue weighted by atomic mass is 9.36. The normalized spacial score (nSPS) is 17.9. The van der Waals surface area contributed by atoms with Gasteiger partial charge in [0.15, 0.2) is 0 Å². The molecule has 1 unspecified atom stereocenters. The Morgan fingerprint density at radius 1 is 0.661 bits per heavy atom. The molecule has 0 radical (unpaired) electrons. The summed E-state index contributed by atoms with van der Waals surface area (Å²) in [4.78, 5) is 8.14. The minimum atomic E-state index is 0.0543. The van der Waals surface area contributed by atoms with E-state index in [-0.39, 0.29) is 23.0 Å². The number of hydrogen-bond acceptors (Lipinski definition) is 4. The average Bonchev–Trinajstić information content (AvgIpc) is 3.72. The van der Waals surface area contributed by atoms with Crippen LogP contribution >= 0.6 is 11.8 Å². The molecular weight excluding hydrogens is 699 g/mol. The standard InChI is InChI=1S/C51H51BN2OS/c1-30-27-39-45-40(28-30)54(35-22-17-32(18-23-35)50(5,6)7)47-38(24-25-42-44(47)36-13-11-12-14-41(36)55-42)52(45)48-46(37-29-33(51(8,9)10)19-26-43(37)56-48)53(39)34-20-15-31(16-21-34)49(2,3)4/h11-28,37H,29H2,1-10H3. The highest BCUT2D eigenvalue weighted by molar-refractivity contribution is 8.09. The first kappa shape index (κ1) is 35.5. The van der Waals surface area contributed by atoms with Gasteiger partial charge in [0.2, 0.25) is 0 Å². The van der Waals surface area contributed by atoms with E-state index in [1.807, 2.05) is 11.8 Å². The summed E-state index contributed by atoms with van der Waals surface area (Å²) in [7, 11) is 0. The van der Waals surface area contributed by atoms with Crippen molar-refractivity contribution in [1.29, 1.82) is 0 Å². The van der Waals surface area contributed by atoms with Crippen molar-refractivity contribution in [3.63, 3.8) is 0 Å². The zero-order valence-corrected chi connectivity index (χ0v) is 35.3. The van der Waals surface area contributed by atoms with Gasteiger partial charge in [0.25, 0.3) is 6.71 Å². The van der Waals surface area contributed by atoms with Gasteiger partial charge in [-0.3, -0.25) is 0 Å². The van der Waals surface area contributed by atoms with E-state index in [2.05, 4.69) is 188 Å². The monoisotopic (exact) mass is 750 g/mol. The summed E-state index contributed by atoms with van der Waals surface area (Å²) < 4.78 is 6.63. The fraction of sp³-hybridized carbons (Fsp3) is 0.294. The van der Waals surface area contributed by atoms with Crippen LogP contribution in [0.25, 0.3) is 21.9 Å². The Morgan fingerprint density at radius 3 is 1.89 bits per heavy atom. The Hall–Kier alpha value is -4.87. The molecular formula is C51H51BN2OS. The van der Waals surface area contributed by atoms with E-state index in [0.717, 1.165) is 23.0 Å². The summed E-state index contributed by atoms with van der Waals surface area (Å²) in [5.74, 6) is 0.290. The SMILES string of the molecule is Cc1cc2c3c(c1)N(c1ccc(C(C)(C)C)cc1)c1c(ccc4oc5ccccc5c14)B3C1=C(C3CC(C(C)(C)C)=CC=C3S1)N2c1ccc(C(C)(C)C)cc1. The molecule has 1 atom stereocenters. The van der Waals surface area contributed by atoms with Crippen LogP contribution in [0, 0.1) is 18.3 Å². The molecule has 0 spiro atoms. The van der Waals surface area contributed by atoms with Gasteiger partial charge in [-0.25, -0.2) is 0 Å². The highest BCUT2D eigenvalue weighted by atomic mass is 32.2. The van der Waals surface area contributed by atoms with Crippen LogP contribution in [0.5, 0.6) is 0 Å². The van der Waals surface area contributed by atoms with Crippen molar-refractivity contribution in [2.24, 2.45) is 11.3 Å². The maximum Gasteiger partial charge on any atom is 0.260 e. The molecule has 4 heterocycles. The molecule has 3 aliphatic heterocycles. The quantitative estimate of drug-likeness (QED) is 0.164. The van der Waals surface area contributed by atoms with Gasteiger partial charge < -0.3 is 14.2 Å². The van der Waals surface area contributed by atoms with Gasteiger partial charge >= 0.3 is 0 Å². The van der Waals surface area contributed by atoms with Crippen molar-refractivity contribution in [1.82, 2.24) is 0 Å². The number of allylic oxidation sites excluding steroid dienone is 4. The minimum absolute atomic E-state index is 0.0543. The number of thioether (sulfide) groups is 1. The third-order valence-electron chi connectivity index (χ3n) is 12.6. The molecule has 0 saturated heterocycles. The van der Waals surface area contributed by atoms with Crippen LogP contribution in [0.3, 0.4) is 0 Å². The second-order valence-corrected chi connectivity index (χ2v) is 20.6. The van der Waals surface area contributed by atoms with Crippen molar-refractivity contribution in [3.8, 4) is 0 Å². The van der Waals surface area contributed by atoms with Gasteiger partial charge in [-0.05, 0) is 115 Å². The Kier molecular flexibility index (Phi) is 7.66. The summed E-state index contributed by atoms with van der Waals surface area (Å²) in [6.07, 6.45) is 5.89. The molecule has 5 heteroatoms. The molecule has 1 aliphatic carbocycles. The number of hydrogen-bond donors (Lipinski definition) is 0. The van der Waals surface area contributed by atoms with Gasteiger partial charge in [0, 0.05) is 39.8 Å². The van der Waals surface area contributed by atoms with Crippen molar-refractivity contribution in [3.05, 3.63) is 147 Å². The minimum Gasteiger partial charge on any atom is -0.456 e. The predicted molar refractivity (Wildman–Crippen MR) is 242 cm³/mol. The van der Waals surface area contributed by atoms with E-state index in [4.69, 9.17) is 4.42 Å². The summed E-state index contributed by atoms with van der Waals surface area (Å²) in [5, 5.41) is 2.34. The zero-order valence-electron chi connectivity index (χ0n) is 34.5. The summed E-state index contributed by atoms with van der Waals surface area (Å²) in [5.41, 5.74) is 17.9. The van der Waals surface area contributed by atoms with Crippen LogP contribution < -0.4 is 20.7 Å². The molecule has 280 valence electrons. The Bertz CT molecular complexity index is 2710. The zero-order chi connectivity index (χ0) is 39.1. The summed E-state index contributed by atoms with van der Waals surface area (Å²) >= 11 is 2.03. The molecule has 10 rings (SSSR count). The number of nitrogens with zero attached hydrogens (tertiary/aromatic N) is 2. The third-order valence-corrected chi connectivity index (χ3v) is 13.9. The van der Waals surface area contributed by atoms with Crippen LogP contribution in [0.4, 0.5) is 28.4 Å². The molecule has 1 aromatic heterocycles. The fourth-order valence-corrected chi connectivity index (χ4v) is 11.0. The van der Waals surface area contributed by atoms with Gasteiger partial charge in [-0.1, -0.05) is 129 Å². The maximum absolute atomic E-state index is 6.63. The van der Waals surface area contributed by atoms with Crippen molar-refractivity contribution in [2.75, 3.05) is 9.80 Å². The summed E-state index contributed by atoms with van der Waals surface area (Å²) in [6, 6.07) is 36.8. The van der Waals surface area contributed by atoms with Crippen LogP contribution in [0.2, 0.25) is 0 Å². The number of aryl methyl sites for hydroxylation is 1. The van der Waals surface area contributed by atoms with Crippen LogP contribution in [0.15, 0.2) is 135 Å². The first-order valence-electron chi connectivity index (χ1n) is 20.3. The molecule has 0 N–H and O–H groups in total. The first-order chi connectivity index (χ1) is 26.6. The number of anilines is 5. The molecule has 3 nitrogen and oxygen atoms in total. The average molecular weight is 751 g/mol. The smallest absolute Gasteiger partial charge is 0.260 e. The van der Waals surface area contributed by atoms with E-state index >= 15 is 0 Å². The third kappa shape index (κ3) is 5.33. The molecule has 0 bridgehead atoms. The molecule has 4 aliphatic rings. The van der Waals surface area contributed by atoms with Crippen LogP contribution in [-0.4, -0.2) is 6.71 Å². The molecule has 56 heavy (non-hydrogen) atoms. The van der Waals surface area contributed by atoms with Gasteiger partial charge in [0.1, 0.15) is 11.2 Å². The number of para-hydroxylation sites is 1. The molecule has 0 fully saturated rings. The largest absolute Gasteiger partial charge is 0.456 e. The Balaban J connectivity index is 1.29. The van der Waals surface area contributed by atoms with Crippen LogP contribution in [0.1, 0.15) is 85.4 Å². The topological polar surface area (TPSA) is 19.6 Å². The van der Waals surface area contributed by atoms with Crippen molar-refractivity contribution < 1.29 is 4.42 Å². The van der Waals surface area contributed by atoms with Gasteiger partial charge in [0.05, 0.1) is 11.1 Å². The predicted octanol–water partition coefficient (Wildman–Crippen LogP) is 13.4. The van der Waals surface area contributed by atoms with Crippen molar-refractivity contribution >= 4 is 79.8 Å². The van der Waals surface area contributed by atoms with E-state index < -0.39 is 0 Å². The van der Waals surface area contributed by atoms with E-state index in [1.165, 1.54) is 82.4 Å². The van der Waals surface area contributed by atoms with Gasteiger partial charge in [-0.2, -0.15) is 0 Å². The second kappa shape index (κ2) is 12.1. The lowest BCUT2D eigenvalue weighted by Gasteiger charge is -2.45. The Morgan fingerprint density at radius 2 is 1.27 bits per heavy atom. The highest BCUT2D eigenvalue weighted by Crippen LogP contribution is 2.59. The molecule has 6 aromatic rings. The second-order valence-electron chi connectivity index (χ2n) is 19.5. The highest BCUT2D eigenvalue weighted by Gasteiger charge is 2.51. The van der Waals surface area contributed by atoms with E-state index in [9.17, 15) is 0 Å². The first-order valence-corrected chi connectivity index (χ1v) is 21.1.